The van der Waals surface area contributed by atoms with E-state index >= 15 is 0 Å². The quantitative estimate of drug-likeness (QED) is 0.791. The highest BCUT2D eigenvalue weighted by molar-refractivity contribution is 6.04. The van der Waals surface area contributed by atoms with Crippen LogP contribution >= 0.6 is 0 Å². The second-order valence-electron chi connectivity index (χ2n) is 4.47. The van der Waals surface area contributed by atoms with Gasteiger partial charge >= 0.3 is 0 Å². The van der Waals surface area contributed by atoms with Crippen LogP contribution < -0.4 is 5.32 Å². The lowest BCUT2D eigenvalue weighted by molar-refractivity contribution is 0.102. The van der Waals surface area contributed by atoms with Crippen LogP contribution in [-0.2, 0) is 7.05 Å². The minimum absolute atomic E-state index is 0.169. The number of hydrogen-bond acceptors (Lipinski definition) is 2. The van der Waals surface area contributed by atoms with E-state index in [9.17, 15) is 4.79 Å². The summed E-state index contributed by atoms with van der Waals surface area (Å²) < 4.78 is 3.60. The van der Waals surface area contributed by atoms with Crippen LogP contribution in [0.4, 0.5) is 5.82 Å². The van der Waals surface area contributed by atoms with Crippen molar-refractivity contribution in [3.63, 3.8) is 0 Å². The molecule has 20 heavy (non-hydrogen) atoms. The first-order valence-corrected chi connectivity index (χ1v) is 6.27. The maximum atomic E-state index is 12.2. The van der Waals surface area contributed by atoms with Crippen LogP contribution in [0.15, 0.2) is 61.1 Å². The van der Waals surface area contributed by atoms with Crippen molar-refractivity contribution in [3.05, 3.63) is 66.6 Å². The fourth-order valence-electron chi connectivity index (χ4n) is 1.98. The summed E-state index contributed by atoms with van der Waals surface area (Å²) in [6, 6.07) is 13.1. The van der Waals surface area contributed by atoms with Crippen molar-refractivity contribution in [3.8, 4) is 5.69 Å². The van der Waals surface area contributed by atoms with E-state index < -0.39 is 0 Å². The summed E-state index contributed by atoms with van der Waals surface area (Å²) in [6.45, 7) is 0. The summed E-state index contributed by atoms with van der Waals surface area (Å²) in [5.41, 5.74) is 1.55. The van der Waals surface area contributed by atoms with Gasteiger partial charge in [-0.25, -0.2) is 0 Å². The lowest BCUT2D eigenvalue weighted by Gasteiger charge is -2.06. The van der Waals surface area contributed by atoms with Gasteiger partial charge in [-0.2, -0.15) is 5.10 Å². The molecule has 0 saturated carbocycles. The van der Waals surface area contributed by atoms with Gasteiger partial charge in [-0.3, -0.25) is 9.48 Å². The number of amides is 1. The molecule has 3 rings (SSSR count). The van der Waals surface area contributed by atoms with Crippen LogP contribution in [0.3, 0.4) is 0 Å². The topological polar surface area (TPSA) is 51.9 Å². The Balaban J connectivity index is 1.83. The van der Waals surface area contributed by atoms with Gasteiger partial charge in [-0.1, -0.05) is 6.07 Å². The predicted octanol–water partition coefficient (Wildman–Crippen LogP) is 2.46. The smallest absolute Gasteiger partial charge is 0.256 e. The van der Waals surface area contributed by atoms with Crippen molar-refractivity contribution in [2.45, 2.75) is 0 Å². The predicted molar refractivity (Wildman–Crippen MR) is 76.9 cm³/mol. The van der Waals surface area contributed by atoms with Crippen LogP contribution in [0.25, 0.3) is 5.69 Å². The molecule has 0 aliphatic carbocycles. The normalized spacial score (nSPS) is 10.4. The van der Waals surface area contributed by atoms with E-state index in [-0.39, 0.29) is 5.91 Å². The Kier molecular flexibility index (Phi) is 3.09. The first-order chi connectivity index (χ1) is 9.72. The minimum Gasteiger partial charge on any atom is -0.324 e. The molecule has 0 atom stereocenters. The largest absolute Gasteiger partial charge is 0.324 e. The highest BCUT2D eigenvalue weighted by Gasteiger charge is 2.08. The summed E-state index contributed by atoms with van der Waals surface area (Å²) in [5.74, 6) is 0.376. The number of aryl methyl sites for hydroxylation is 1. The average Bonchev–Trinajstić information content (AvgIpc) is 3.11. The molecule has 0 spiro atoms. The average molecular weight is 266 g/mol. The van der Waals surface area contributed by atoms with E-state index in [0.29, 0.717) is 11.4 Å². The van der Waals surface area contributed by atoms with E-state index in [4.69, 9.17) is 0 Å². The van der Waals surface area contributed by atoms with E-state index in [0.717, 1.165) is 5.69 Å². The van der Waals surface area contributed by atoms with Crippen molar-refractivity contribution in [2.75, 3.05) is 5.32 Å². The van der Waals surface area contributed by atoms with Crippen LogP contribution in [-0.4, -0.2) is 20.3 Å². The fourth-order valence-corrected chi connectivity index (χ4v) is 1.98. The Morgan fingerprint density at radius 3 is 2.60 bits per heavy atom. The molecular weight excluding hydrogens is 252 g/mol. The standard InChI is InChI=1S/C15H14N4O/c1-18-10-7-14(17-18)16-15(20)12-5-4-6-13(11-12)19-8-2-3-9-19/h2-11H,1H3,(H,16,17,20). The number of benzene rings is 1. The lowest BCUT2D eigenvalue weighted by Crippen LogP contribution is -2.12. The molecule has 100 valence electrons. The molecule has 2 aromatic heterocycles. The number of rotatable bonds is 3. The highest BCUT2D eigenvalue weighted by atomic mass is 16.1. The number of nitrogens with one attached hydrogen (secondary N) is 1. The number of nitrogens with zero attached hydrogens (tertiary/aromatic N) is 3. The fraction of sp³-hybridized carbons (Fsp3) is 0.0667. The lowest BCUT2D eigenvalue weighted by atomic mass is 10.2. The molecule has 0 radical (unpaired) electrons. The van der Waals surface area contributed by atoms with E-state index in [2.05, 4.69) is 10.4 Å². The molecule has 1 N–H and O–H groups in total. The Hall–Kier alpha value is -2.82. The van der Waals surface area contributed by atoms with Crippen molar-refractivity contribution in [1.82, 2.24) is 14.3 Å². The molecule has 3 aromatic rings. The van der Waals surface area contributed by atoms with Crippen molar-refractivity contribution >= 4 is 11.7 Å². The van der Waals surface area contributed by atoms with Gasteiger partial charge in [-0.05, 0) is 30.3 Å². The minimum atomic E-state index is -0.169. The zero-order chi connectivity index (χ0) is 13.9. The highest BCUT2D eigenvalue weighted by Crippen LogP contribution is 2.12. The Morgan fingerprint density at radius 1 is 1.10 bits per heavy atom. The van der Waals surface area contributed by atoms with Crippen molar-refractivity contribution < 1.29 is 4.79 Å². The molecule has 0 fully saturated rings. The molecule has 5 nitrogen and oxygen atoms in total. The molecular formula is C15H14N4O. The number of anilines is 1. The van der Waals surface area contributed by atoms with Gasteiger partial charge in [-0.15, -0.1) is 0 Å². The zero-order valence-electron chi connectivity index (χ0n) is 11.0. The molecule has 2 heterocycles. The Labute approximate surface area is 116 Å². The van der Waals surface area contributed by atoms with Crippen molar-refractivity contribution in [1.29, 1.82) is 0 Å². The molecule has 0 aliphatic heterocycles. The number of aromatic nitrogens is 3. The van der Waals surface area contributed by atoms with E-state index in [1.165, 1.54) is 0 Å². The molecule has 1 aromatic carbocycles. The van der Waals surface area contributed by atoms with Gasteiger partial charge in [0, 0.05) is 43.0 Å². The van der Waals surface area contributed by atoms with Gasteiger partial charge in [0.2, 0.25) is 0 Å². The second kappa shape index (κ2) is 5.05. The molecule has 0 saturated heterocycles. The number of carbonyl (C=O) groups is 1. The third kappa shape index (κ3) is 2.47. The number of hydrogen-bond donors (Lipinski definition) is 1. The van der Waals surface area contributed by atoms with Gasteiger partial charge in [0.15, 0.2) is 5.82 Å². The van der Waals surface area contributed by atoms with Crippen molar-refractivity contribution in [2.24, 2.45) is 7.05 Å². The van der Waals surface area contributed by atoms with Crippen LogP contribution in [0.2, 0.25) is 0 Å². The van der Waals surface area contributed by atoms with Gasteiger partial charge in [0.05, 0.1) is 0 Å². The molecule has 0 aliphatic rings. The third-order valence-corrected chi connectivity index (χ3v) is 2.97. The van der Waals surface area contributed by atoms with Crippen LogP contribution in [0, 0.1) is 0 Å². The van der Waals surface area contributed by atoms with E-state index in [1.54, 1.807) is 23.0 Å². The first-order valence-electron chi connectivity index (χ1n) is 6.27. The maximum absolute atomic E-state index is 12.2. The summed E-state index contributed by atoms with van der Waals surface area (Å²) in [7, 11) is 1.81. The maximum Gasteiger partial charge on any atom is 0.256 e. The molecule has 0 bridgehead atoms. The SMILES string of the molecule is Cn1ccc(NC(=O)c2cccc(-n3cccc3)c2)n1. The summed E-state index contributed by atoms with van der Waals surface area (Å²) in [5, 5.41) is 6.90. The Morgan fingerprint density at radius 2 is 1.90 bits per heavy atom. The zero-order valence-corrected chi connectivity index (χ0v) is 11.0. The van der Waals surface area contributed by atoms with Gasteiger partial charge in [0.1, 0.15) is 0 Å². The Bertz CT molecular complexity index is 728. The summed E-state index contributed by atoms with van der Waals surface area (Å²) in [6.07, 6.45) is 5.66. The molecule has 5 heteroatoms. The van der Waals surface area contributed by atoms with Gasteiger partial charge < -0.3 is 9.88 Å². The van der Waals surface area contributed by atoms with E-state index in [1.807, 2.05) is 54.3 Å². The van der Waals surface area contributed by atoms with Crippen LogP contribution in [0.5, 0.6) is 0 Å². The third-order valence-electron chi connectivity index (χ3n) is 2.97. The molecule has 1 amide bonds. The summed E-state index contributed by atoms with van der Waals surface area (Å²) >= 11 is 0. The van der Waals surface area contributed by atoms with Gasteiger partial charge in [0.25, 0.3) is 5.91 Å². The molecule has 0 unspecified atom stereocenters. The second-order valence-corrected chi connectivity index (χ2v) is 4.47. The number of carbonyl (C=O) groups excluding carboxylic acids is 1. The monoisotopic (exact) mass is 266 g/mol. The first kappa shape index (κ1) is 12.2. The summed E-state index contributed by atoms with van der Waals surface area (Å²) in [4.78, 5) is 12.2. The van der Waals surface area contributed by atoms with Crippen LogP contribution in [0.1, 0.15) is 10.4 Å².